The number of rotatable bonds is 3. The van der Waals surface area contributed by atoms with Crippen molar-refractivity contribution in [3.63, 3.8) is 0 Å². The molecule has 0 spiro atoms. The summed E-state index contributed by atoms with van der Waals surface area (Å²) in [5.41, 5.74) is 1.61. The Morgan fingerprint density at radius 1 is 1.23 bits per heavy atom. The van der Waals surface area contributed by atoms with Gasteiger partial charge in [0.05, 0.1) is 5.02 Å². The van der Waals surface area contributed by atoms with E-state index in [0.717, 1.165) is 18.4 Å². The third kappa shape index (κ3) is 2.22. The van der Waals surface area contributed by atoms with Crippen LogP contribution in [0.1, 0.15) is 31.4 Å². The van der Waals surface area contributed by atoms with Crippen molar-refractivity contribution >= 4 is 11.6 Å². The zero-order valence-corrected chi connectivity index (χ0v) is 8.79. The highest BCUT2D eigenvalue weighted by Gasteiger charge is 2.09. The summed E-state index contributed by atoms with van der Waals surface area (Å²) in [5, 5.41) is 0.307. The summed E-state index contributed by atoms with van der Waals surface area (Å²) in [6.45, 7) is 3.98. The van der Waals surface area contributed by atoms with E-state index < -0.39 is 0 Å². The van der Waals surface area contributed by atoms with Gasteiger partial charge in [-0.2, -0.15) is 0 Å². The standard InChI is InChI=1S/C11H14ClF/c1-3-5-9-7-6-8(4-2)11(13)10(9)12/h6-7H,3-5H2,1-2H3. The van der Waals surface area contributed by atoms with Crippen LogP contribution in [-0.4, -0.2) is 0 Å². The Morgan fingerprint density at radius 3 is 2.38 bits per heavy atom. The minimum absolute atomic E-state index is 0.241. The van der Waals surface area contributed by atoms with Gasteiger partial charge in [0.15, 0.2) is 0 Å². The first kappa shape index (κ1) is 10.5. The van der Waals surface area contributed by atoms with Gasteiger partial charge in [0.1, 0.15) is 5.82 Å². The summed E-state index contributed by atoms with van der Waals surface area (Å²) >= 11 is 5.88. The molecule has 0 amide bonds. The molecule has 0 heterocycles. The van der Waals surface area contributed by atoms with Crippen molar-refractivity contribution in [3.05, 3.63) is 34.1 Å². The van der Waals surface area contributed by atoms with Gasteiger partial charge in [0, 0.05) is 0 Å². The predicted molar refractivity (Wildman–Crippen MR) is 54.8 cm³/mol. The van der Waals surface area contributed by atoms with Crippen LogP contribution in [0.3, 0.4) is 0 Å². The second-order valence-corrected chi connectivity index (χ2v) is 3.49. The van der Waals surface area contributed by atoms with Crippen molar-refractivity contribution in [1.82, 2.24) is 0 Å². The Kier molecular flexibility index (Phi) is 3.73. The first-order valence-corrected chi connectivity index (χ1v) is 5.04. The van der Waals surface area contributed by atoms with E-state index in [1.807, 2.05) is 19.1 Å². The number of halogens is 2. The Hall–Kier alpha value is -0.560. The number of hydrogen-bond acceptors (Lipinski definition) is 0. The molecule has 0 unspecified atom stereocenters. The fourth-order valence-corrected chi connectivity index (χ4v) is 1.64. The van der Waals surface area contributed by atoms with E-state index in [0.29, 0.717) is 17.0 Å². The molecular formula is C11H14ClF. The Labute approximate surface area is 83.7 Å². The van der Waals surface area contributed by atoms with Crippen molar-refractivity contribution in [2.75, 3.05) is 0 Å². The van der Waals surface area contributed by atoms with Crippen LogP contribution in [0.2, 0.25) is 5.02 Å². The van der Waals surface area contributed by atoms with E-state index in [4.69, 9.17) is 11.6 Å². The first-order valence-electron chi connectivity index (χ1n) is 4.66. The fourth-order valence-electron chi connectivity index (χ4n) is 1.36. The molecule has 0 nitrogen and oxygen atoms in total. The highest BCUT2D eigenvalue weighted by molar-refractivity contribution is 6.31. The third-order valence-corrected chi connectivity index (χ3v) is 2.55. The van der Waals surface area contributed by atoms with Crippen LogP contribution in [0.5, 0.6) is 0 Å². The van der Waals surface area contributed by atoms with Gasteiger partial charge in [-0.25, -0.2) is 4.39 Å². The van der Waals surface area contributed by atoms with Crippen LogP contribution in [0.25, 0.3) is 0 Å². The molecule has 72 valence electrons. The Morgan fingerprint density at radius 2 is 1.85 bits per heavy atom. The summed E-state index contributed by atoms with van der Waals surface area (Å²) in [6, 6.07) is 3.75. The second-order valence-electron chi connectivity index (χ2n) is 3.12. The first-order chi connectivity index (χ1) is 6.20. The average molecular weight is 201 g/mol. The fraction of sp³-hybridized carbons (Fsp3) is 0.455. The number of aryl methyl sites for hydroxylation is 2. The molecule has 1 aromatic rings. The lowest BCUT2D eigenvalue weighted by atomic mass is 10.1. The number of benzene rings is 1. The van der Waals surface area contributed by atoms with Crippen molar-refractivity contribution < 1.29 is 4.39 Å². The van der Waals surface area contributed by atoms with Crippen LogP contribution in [0.4, 0.5) is 4.39 Å². The van der Waals surface area contributed by atoms with Gasteiger partial charge in [-0.3, -0.25) is 0 Å². The monoisotopic (exact) mass is 200 g/mol. The molecule has 0 radical (unpaired) electrons. The van der Waals surface area contributed by atoms with E-state index in [1.165, 1.54) is 0 Å². The third-order valence-electron chi connectivity index (χ3n) is 2.14. The predicted octanol–water partition coefficient (Wildman–Crippen LogP) is 3.99. The summed E-state index contributed by atoms with van der Waals surface area (Å²) in [7, 11) is 0. The van der Waals surface area contributed by atoms with E-state index in [-0.39, 0.29) is 5.82 Å². The maximum absolute atomic E-state index is 13.5. The van der Waals surface area contributed by atoms with Crippen molar-refractivity contribution in [1.29, 1.82) is 0 Å². The molecule has 2 heteroatoms. The highest BCUT2D eigenvalue weighted by atomic mass is 35.5. The summed E-state index contributed by atoms with van der Waals surface area (Å²) in [4.78, 5) is 0. The van der Waals surface area contributed by atoms with Crippen LogP contribution in [-0.2, 0) is 12.8 Å². The average Bonchev–Trinajstić information content (AvgIpc) is 2.14. The lowest BCUT2D eigenvalue weighted by Gasteiger charge is -2.06. The smallest absolute Gasteiger partial charge is 0.145 e. The Balaban J connectivity index is 3.07. The van der Waals surface area contributed by atoms with E-state index in [1.54, 1.807) is 0 Å². The van der Waals surface area contributed by atoms with Gasteiger partial charge in [-0.15, -0.1) is 0 Å². The molecule has 0 aliphatic heterocycles. The van der Waals surface area contributed by atoms with Gasteiger partial charge in [-0.05, 0) is 24.0 Å². The lowest BCUT2D eigenvalue weighted by Crippen LogP contribution is -1.94. The molecule has 1 aromatic carbocycles. The molecule has 13 heavy (non-hydrogen) atoms. The van der Waals surface area contributed by atoms with Gasteiger partial charge in [0.25, 0.3) is 0 Å². The molecule has 0 aliphatic rings. The SMILES string of the molecule is CCCc1ccc(CC)c(F)c1Cl. The zero-order valence-electron chi connectivity index (χ0n) is 8.03. The van der Waals surface area contributed by atoms with Gasteiger partial charge >= 0.3 is 0 Å². The van der Waals surface area contributed by atoms with Crippen molar-refractivity contribution in [2.24, 2.45) is 0 Å². The van der Waals surface area contributed by atoms with Gasteiger partial charge in [-0.1, -0.05) is 44.0 Å². The van der Waals surface area contributed by atoms with Crippen molar-refractivity contribution in [3.8, 4) is 0 Å². The molecule has 0 aromatic heterocycles. The van der Waals surface area contributed by atoms with Gasteiger partial charge < -0.3 is 0 Å². The van der Waals surface area contributed by atoms with Crippen LogP contribution in [0.15, 0.2) is 12.1 Å². The maximum atomic E-state index is 13.5. The Bertz CT molecular complexity index is 294. The highest BCUT2D eigenvalue weighted by Crippen LogP contribution is 2.24. The van der Waals surface area contributed by atoms with E-state index in [9.17, 15) is 4.39 Å². The molecule has 0 saturated heterocycles. The minimum atomic E-state index is -0.241. The molecule has 0 aliphatic carbocycles. The van der Waals surface area contributed by atoms with Crippen LogP contribution >= 0.6 is 11.6 Å². The molecular weight excluding hydrogens is 187 g/mol. The van der Waals surface area contributed by atoms with E-state index in [2.05, 4.69) is 6.92 Å². The van der Waals surface area contributed by atoms with E-state index >= 15 is 0 Å². The number of hydrogen-bond donors (Lipinski definition) is 0. The summed E-state index contributed by atoms with van der Waals surface area (Å²) in [5.74, 6) is -0.241. The molecule has 0 fully saturated rings. The lowest BCUT2D eigenvalue weighted by molar-refractivity contribution is 0.610. The van der Waals surface area contributed by atoms with Crippen molar-refractivity contribution in [2.45, 2.75) is 33.1 Å². The molecule has 0 saturated carbocycles. The quantitative estimate of drug-likeness (QED) is 0.692. The maximum Gasteiger partial charge on any atom is 0.145 e. The second kappa shape index (κ2) is 4.61. The molecule has 0 atom stereocenters. The zero-order chi connectivity index (χ0) is 9.84. The van der Waals surface area contributed by atoms with Crippen LogP contribution < -0.4 is 0 Å². The minimum Gasteiger partial charge on any atom is -0.205 e. The normalized spacial score (nSPS) is 10.5. The molecule has 1 rings (SSSR count). The molecule has 0 bridgehead atoms. The topological polar surface area (TPSA) is 0 Å². The van der Waals surface area contributed by atoms with Crippen LogP contribution in [0, 0.1) is 5.82 Å². The largest absolute Gasteiger partial charge is 0.205 e. The van der Waals surface area contributed by atoms with Gasteiger partial charge in [0.2, 0.25) is 0 Å². The summed E-state index contributed by atoms with van der Waals surface area (Å²) < 4.78 is 13.5. The molecule has 0 N–H and O–H groups in total. The summed E-state index contributed by atoms with van der Waals surface area (Å²) in [6.07, 6.45) is 2.53.